The lowest BCUT2D eigenvalue weighted by Crippen LogP contribution is -2.29. The number of hydrogen-bond donors (Lipinski definition) is 1. The third-order valence-corrected chi connectivity index (χ3v) is 3.21. The summed E-state index contributed by atoms with van der Waals surface area (Å²) in [5.74, 6) is 0.0153. The molecule has 6 heteroatoms. The van der Waals surface area contributed by atoms with E-state index in [2.05, 4.69) is 5.10 Å². The lowest BCUT2D eigenvalue weighted by atomic mass is 10.4. The van der Waals surface area contributed by atoms with Gasteiger partial charge in [-0.3, -0.25) is 9.48 Å². The van der Waals surface area contributed by atoms with Crippen molar-refractivity contribution in [3.63, 3.8) is 0 Å². The maximum atomic E-state index is 11.9. The average Bonchev–Trinajstić information content (AvgIpc) is 2.90. The summed E-state index contributed by atoms with van der Waals surface area (Å²) in [4.78, 5) is 14.7. The molecule has 2 rings (SSSR count). The van der Waals surface area contributed by atoms with E-state index in [1.807, 2.05) is 17.5 Å². The number of nitrogens with zero attached hydrogens (tertiary/aromatic N) is 3. The van der Waals surface area contributed by atoms with E-state index in [0.717, 1.165) is 0 Å². The molecule has 2 heterocycles. The summed E-state index contributed by atoms with van der Waals surface area (Å²) >= 11 is 1.64. The van der Waals surface area contributed by atoms with Crippen molar-refractivity contribution in [1.29, 1.82) is 0 Å². The lowest BCUT2D eigenvalue weighted by molar-refractivity contribution is -0.131. The van der Waals surface area contributed by atoms with Crippen LogP contribution in [0.3, 0.4) is 0 Å². The molecule has 0 fully saturated rings. The molecule has 0 bridgehead atoms. The van der Waals surface area contributed by atoms with Gasteiger partial charge >= 0.3 is 0 Å². The molecule has 0 spiro atoms. The molecule has 0 unspecified atom stereocenters. The van der Waals surface area contributed by atoms with Crippen LogP contribution in [0.15, 0.2) is 29.9 Å². The Hall–Kier alpha value is -1.82. The Morgan fingerprint density at radius 3 is 3.06 bits per heavy atom. The number of carbonyl (C=O) groups is 1. The molecule has 0 atom stereocenters. The van der Waals surface area contributed by atoms with Gasteiger partial charge in [0.25, 0.3) is 0 Å². The largest absolute Gasteiger partial charge is 0.396 e. The van der Waals surface area contributed by atoms with E-state index in [9.17, 15) is 4.79 Å². The van der Waals surface area contributed by atoms with Crippen LogP contribution in [0.2, 0.25) is 0 Å². The van der Waals surface area contributed by atoms with Crippen LogP contribution in [0.25, 0.3) is 0 Å². The number of nitrogens with two attached hydrogens (primary N) is 1. The predicted octanol–water partition coefficient (Wildman–Crippen LogP) is 1.19. The molecule has 0 radical (unpaired) electrons. The van der Waals surface area contributed by atoms with Crippen LogP contribution in [0.4, 0.5) is 5.69 Å². The summed E-state index contributed by atoms with van der Waals surface area (Å²) in [7, 11) is 1.79. The summed E-state index contributed by atoms with van der Waals surface area (Å²) in [6.07, 6.45) is 3.18. The Kier molecular flexibility index (Phi) is 3.43. The Bertz CT molecular complexity index is 491. The molecule has 90 valence electrons. The number of hydrogen-bond acceptors (Lipinski definition) is 4. The third kappa shape index (κ3) is 3.07. The van der Waals surface area contributed by atoms with Crippen LogP contribution < -0.4 is 5.73 Å². The fraction of sp³-hybridized carbons (Fsp3) is 0.273. The molecule has 0 saturated carbocycles. The van der Waals surface area contributed by atoms with Crippen molar-refractivity contribution in [3.05, 3.63) is 34.8 Å². The van der Waals surface area contributed by atoms with Gasteiger partial charge in [0, 0.05) is 18.1 Å². The van der Waals surface area contributed by atoms with Crippen LogP contribution in [0.5, 0.6) is 0 Å². The van der Waals surface area contributed by atoms with Gasteiger partial charge in [0.05, 0.1) is 18.4 Å². The number of thiophene rings is 1. The number of carbonyl (C=O) groups excluding carboxylic acids is 1. The Morgan fingerprint density at radius 1 is 1.65 bits per heavy atom. The molecule has 5 nitrogen and oxygen atoms in total. The van der Waals surface area contributed by atoms with Gasteiger partial charge in [0.1, 0.15) is 6.54 Å². The van der Waals surface area contributed by atoms with Crippen LogP contribution in [-0.2, 0) is 17.9 Å². The Morgan fingerprint density at radius 2 is 2.47 bits per heavy atom. The first kappa shape index (κ1) is 11.7. The first-order chi connectivity index (χ1) is 8.15. The van der Waals surface area contributed by atoms with Crippen LogP contribution >= 0.6 is 11.3 Å². The molecule has 0 aliphatic heterocycles. The van der Waals surface area contributed by atoms with Crippen LogP contribution in [0, 0.1) is 0 Å². The monoisotopic (exact) mass is 250 g/mol. The zero-order chi connectivity index (χ0) is 12.3. The standard InChI is InChI=1S/C11H14N4OS/c1-14(7-10-3-2-4-17-10)11(16)8-15-6-9(12)5-13-15/h2-6H,7-8,12H2,1H3. The van der Waals surface area contributed by atoms with Crippen LogP contribution in [-0.4, -0.2) is 27.6 Å². The molecule has 17 heavy (non-hydrogen) atoms. The van der Waals surface area contributed by atoms with Crippen molar-refractivity contribution < 1.29 is 4.79 Å². The van der Waals surface area contributed by atoms with E-state index in [0.29, 0.717) is 12.2 Å². The summed E-state index contributed by atoms with van der Waals surface area (Å²) < 4.78 is 1.54. The second kappa shape index (κ2) is 5.01. The molecule has 0 saturated heterocycles. The van der Waals surface area contributed by atoms with Gasteiger partial charge in [0.15, 0.2) is 0 Å². The first-order valence-corrected chi connectivity index (χ1v) is 6.07. The second-order valence-electron chi connectivity index (χ2n) is 3.80. The maximum Gasteiger partial charge on any atom is 0.244 e. The van der Waals surface area contributed by atoms with Crippen molar-refractivity contribution >= 4 is 22.9 Å². The molecule has 0 aromatic carbocycles. The van der Waals surface area contributed by atoms with Crippen molar-refractivity contribution in [2.45, 2.75) is 13.1 Å². The van der Waals surface area contributed by atoms with Gasteiger partial charge in [-0.1, -0.05) is 6.07 Å². The lowest BCUT2D eigenvalue weighted by Gasteiger charge is -2.16. The normalized spacial score (nSPS) is 10.4. The van der Waals surface area contributed by atoms with Gasteiger partial charge in [-0.05, 0) is 11.4 Å². The summed E-state index contributed by atoms with van der Waals surface area (Å²) in [5.41, 5.74) is 6.10. The first-order valence-electron chi connectivity index (χ1n) is 5.19. The maximum absolute atomic E-state index is 11.9. The van der Waals surface area contributed by atoms with Gasteiger partial charge < -0.3 is 10.6 Å². The zero-order valence-electron chi connectivity index (χ0n) is 9.54. The highest BCUT2D eigenvalue weighted by molar-refractivity contribution is 7.09. The molecule has 0 aliphatic rings. The Balaban J connectivity index is 1.91. The molecular formula is C11H14N4OS. The molecule has 2 aromatic rings. The average molecular weight is 250 g/mol. The van der Waals surface area contributed by atoms with Gasteiger partial charge in [0.2, 0.25) is 5.91 Å². The number of aromatic nitrogens is 2. The molecule has 1 amide bonds. The number of rotatable bonds is 4. The Labute approximate surface area is 103 Å². The number of anilines is 1. The summed E-state index contributed by atoms with van der Waals surface area (Å²) in [6.45, 7) is 0.853. The minimum atomic E-state index is 0.0153. The summed E-state index contributed by atoms with van der Waals surface area (Å²) in [6, 6.07) is 3.99. The molecular weight excluding hydrogens is 236 g/mol. The number of amides is 1. The summed E-state index contributed by atoms with van der Waals surface area (Å²) in [5, 5.41) is 5.98. The fourth-order valence-corrected chi connectivity index (χ4v) is 2.21. The van der Waals surface area contributed by atoms with Crippen molar-refractivity contribution in [3.8, 4) is 0 Å². The highest BCUT2D eigenvalue weighted by atomic mass is 32.1. The van der Waals surface area contributed by atoms with Gasteiger partial charge in [-0.15, -0.1) is 11.3 Å². The third-order valence-electron chi connectivity index (χ3n) is 2.35. The topological polar surface area (TPSA) is 64.2 Å². The predicted molar refractivity (Wildman–Crippen MR) is 67.4 cm³/mol. The minimum Gasteiger partial charge on any atom is -0.396 e. The van der Waals surface area contributed by atoms with Crippen molar-refractivity contribution in [1.82, 2.24) is 14.7 Å². The van der Waals surface area contributed by atoms with E-state index in [1.54, 1.807) is 34.2 Å². The van der Waals surface area contributed by atoms with E-state index in [4.69, 9.17) is 5.73 Å². The fourth-order valence-electron chi connectivity index (χ4n) is 1.45. The molecule has 2 aromatic heterocycles. The zero-order valence-corrected chi connectivity index (χ0v) is 10.4. The second-order valence-corrected chi connectivity index (χ2v) is 4.83. The van der Waals surface area contributed by atoms with Crippen molar-refractivity contribution in [2.24, 2.45) is 0 Å². The van der Waals surface area contributed by atoms with Gasteiger partial charge in [-0.25, -0.2) is 0 Å². The van der Waals surface area contributed by atoms with Gasteiger partial charge in [-0.2, -0.15) is 5.10 Å². The highest BCUT2D eigenvalue weighted by Crippen LogP contribution is 2.11. The molecule has 0 aliphatic carbocycles. The smallest absolute Gasteiger partial charge is 0.244 e. The molecule has 2 N–H and O–H groups in total. The highest BCUT2D eigenvalue weighted by Gasteiger charge is 2.10. The minimum absolute atomic E-state index is 0.0153. The van der Waals surface area contributed by atoms with E-state index >= 15 is 0 Å². The van der Waals surface area contributed by atoms with Crippen LogP contribution in [0.1, 0.15) is 4.88 Å². The quantitative estimate of drug-likeness (QED) is 0.886. The number of nitrogen functional groups attached to an aromatic ring is 1. The number of likely N-dealkylation sites (N-methyl/N-ethyl adjacent to an activating group) is 1. The van der Waals surface area contributed by atoms with E-state index in [-0.39, 0.29) is 12.5 Å². The van der Waals surface area contributed by atoms with E-state index in [1.165, 1.54) is 11.1 Å². The van der Waals surface area contributed by atoms with E-state index < -0.39 is 0 Å². The van der Waals surface area contributed by atoms with Crippen molar-refractivity contribution in [2.75, 3.05) is 12.8 Å². The SMILES string of the molecule is CN(Cc1cccs1)C(=O)Cn1cc(N)cn1.